The molecule has 2 aromatic heterocycles. The lowest BCUT2D eigenvalue weighted by Gasteiger charge is -2.09. The maximum absolute atomic E-state index is 11.3. The Bertz CT molecular complexity index is 2130. The zero-order chi connectivity index (χ0) is 32.5. The second-order valence-electron chi connectivity index (χ2n) is 10.6. The van der Waals surface area contributed by atoms with E-state index in [1.165, 1.54) is 6.21 Å². The Labute approximate surface area is 273 Å². The van der Waals surface area contributed by atoms with Gasteiger partial charge in [0.2, 0.25) is 16.7 Å². The molecule has 4 N–H and O–H groups in total. The summed E-state index contributed by atoms with van der Waals surface area (Å²) in [6, 6.07) is 26.1. The van der Waals surface area contributed by atoms with Crippen LogP contribution in [-0.2, 0) is 0 Å². The van der Waals surface area contributed by atoms with E-state index in [0.717, 1.165) is 60.8 Å². The first-order chi connectivity index (χ1) is 22.1. The molecule has 0 fully saturated rings. The number of benzene rings is 4. The number of nitrogens with two attached hydrogens (primary N) is 2. The van der Waals surface area contributed by atoms with Crippen molar-refractivity contribution < 1.29 is 18.9 Å². The van der Waals surface area contributed by atoms with E-state index in [9.17, 15) is 9.90 Å². The van der Waals surface area contributed by atoms with E-state index in [1.807, 2.05) is 56.3 Å². The van der Waals surface area contributed by atoms with E-state index in [4.69, 9.17) is 44.1 Å². The average Bonchev–Trinajstić information content (AvgIpc) is 3.64. The zero-order valence-electron chi connectivity index (χ0n) is 24.7. The van der Waals surface area contributed by atoms with Crippen molar-refractivity contribution in [2.45, 2.75) is 13.8 Å². The molecule has 0 atom stereocenters. The first-order valence-corrected chi connectivity index (χ1v) is 14.9. The van der Waals surface area contributed by atoms with Gasteiger partial charge in [-0.2, -0.15) is 5.10 Å². The van der Waals surface area contributed by atoms with Crippen molar-refractivity contribution in [3.05, 3.63) is 112 Å². The quantitative estimate of drug-likeness (QED) is 0.0998. The van der Waals surface area contributed by atoms with E-state index in [2.05, 4.69) is 26.8 Å². The van der Waals surface area contributed by atoms with Crippen LogP contribution in [0.1, 0.15) is 16.9 Å². The minimum atomic E-state index is -0.683. The Morgan fingerprint density at radius 3 is 2.13 bits per heavy atom. The van der Waals surface area contributed by atoms with Crippen molar-refractivity contribution in [1.29, 1.82) is 0 Å². The Balaban J connectivity index is 0.000000162. The number of carbonyl (C=O) groups is 1. The van der Waals surface area contributed by atoms with E-state index < -0.39 is 11.9 Å². The number of hydrogen-bond acceptors (Lipinski definition) is 7. The molecule has 7 rings (SSSR count). The number of halogens is 2. The number of nitrogens with zero attached hydrogens (tertiary/aromatic N) is 5. The molecule has 0 unspecified atom stereocenters. The molecule has 3 heterocycles. The molecule has 230 valence electrons. The summed E-state index contributed by atoms with van der Waals surface area (Å²) < 4.78 is 7.75. The van der Waals surface area contributed by atoms with Gasteiger partial charge in [-0.05, 0) is 73.3 Å². The summed E-state index contributed by atoms with van der Waals surface area (Å²) >= 11 is 11.8. The zero-order valence-corrected chi connectivity index (χ0v) is 26.3. The lowest BCUT2D eigenvalue weighted by molar-refractivity contribution is -0.538. The summed E-state index contributed by atoms with van der Waals surface area (Å²) in [6.45, 7) is 3.85. The van der Waals surface area contributed by atoms with Crippen LogP contribution in [0.2, 0.25) is 10.0 Å². The summed E-state index contributed by atoms with van der Waals surface area (Å²) in [5.74, 6) is 0.486. The van der Waals surface area contributed by atoms with Crippen molar-refractivity contribution in [3.63, 3.8) is 0 Å². The maximum Gasteiger partial charge on any atom is 0.363 e. The normalized spacial score (nSPS) is 13.0. The highest BCUT2D eigenvalue weighted by Gasteiger charge is 2.21. The molecule has 0 saturated carbocycles. The minimum Gasteiger partial charge on any atom is -0.860 e. The van der Waals surface area contributed by atoms with Crippen LogP contribution in [0.5, 0.6) is 0 Å². The van der Waals surface area contributed by atoms with Gasteiger partial charge in [-0.15, -0.1) is 4.57 Å². The van der Waals surface area contributed by atoms with E-state index >= 15 is 0 Å². The lowest BCUT2D eigenvalue weighted by atomic mass is 10.1. The molecule has 2 amide bonds. The number of carbonyl (C=O) groups excluding carboxylic acids is 1. The number of hydrogen-bond donors (Lipinski definition) is 2. The topological polar surface area (TPSA) is 150 Å². The Hall–Kier alpha value is -5.45. The fraction of sp³-hybridized carbons (Fsp3) is 0.0882. The highest BCUT2D eigenvalue weighted by atomic mass is 35.5. The summed E-state index contributed by atoms with van der Waals surface area (Å²) in [5.41, 5.74) is 21.5. The second kappa shape index (κ2) is 12.5. The van der Waals surface area contributed by atoms with Crippen LogP contribution in [0.4, 0.5) is 16.2 Å². The number of nitrogen functional groups attached to an aromatic ring is 2. The van der Waals surface area contributed by atoms with Crippen molar-refractivity contribution in [2.24, 2.45) is 10.1 Å². The molecule has 46 heavy (non-hydrogen) atoms. The number of fused-ring (bicyclic) bond motifs is 2. The van der Waals surface area contributed by atoms with Gasteiger partial charge in [-0.1, -0.05) is 41.4 Å². The van der Waals surface area contributed by atoms with Crippen LogP contribution in [0, 0.1) is 13.8 Å². The van der Waals surface area contributed by atoms with Crippen LogP contribution in [0.3, 0.4) is 0 Å². The summed E-state index contributed by atoms with van der Waals surface area (Å²) in [4.78, 5) is 19.3. The van der Waals surface area contributed by atoms with Crippen LogP contribution in [-0.4, -0.2) is 34.7 Å². The predicted molar refractivity (Wildman–Crippen MR) is 180 cm³/mol. The van der Waals surface area contributed by atoms with E-state index in [0.29, 0.717) is 21.6 Å². The minimum absolute atomic E-state index is 0.157. The van der Waals surface area contributed by atoms with Crippen molar-refractivity contribution in [1.82, 2.24) is 9.99 Å². The molecule has 1 aliphatic rings. The highest BCUT2D eigenvalue weighted by Crippen LogP contribution is 2.29. The predicted octanol–water partition coefficient (Wildman–Crippen LogP) is 6.23. The highest BCUT2D eigenvalue weighted by molar-refractivity contribution is 6.42. The number of aliphatic imine (C=N–C) groups is 1. The second-order valence-corrected chi connectivity index (χ2v) is 11.4. The van der Waals surface area contributed by atoms with Gasteiger partial charge in [0.25, 0.3) is 0 Å². The van der Waals surface area contributed by atoms with Crippen molar-refractivity contribution >= 4 is 74.8 Å². The van der Waals surface area contributed by atoms with Gasteiger partial charge < -0.3 is 21.0 Å². The molecule has 1 aliphatic heterocycles. The standard InChI is InChI=1S/C20H18N4.C14H9Cl2N3O3/c1-12-8-17-19(10-15(12)21)24(14-6-4-3-5-7-14)20-11-16(22)13(2)9-18(20)23-17;15-10-3-1-8(5-11(10)16)12-4-2-9(22-12)6-17-19-7-13(20)18-14(19)21/h3-11H,1-2H3,(H3,21,22);1-6H,7H2,(H,18,20,21)/b;17-6+. The molecule has 0 bridgehead atoms. The largest absolute Gasteiger partial charge is 0.860 e. The average molecular weight is 653 g/mol. The molecule has 4 aromatic carbocycles. The molecule has 12 heteroatoms. The van der Waals surface area contributed by atoms with Gasteiger partial charge in [0, 0.05) is 41.2 Å². The third-order valence-electron chi connectivity index (χ3n) is 7.34. The van der Waals surface area contributed by atoms with Crippen LogP contribution < -0.4 is 21.1 Å². The van der Waals surface area contributed by atoms with Gasteiger partial charge >= 0.3 is 6.03 Å². The fourth-order valence-electron chi connectivity index (χ4n) is 4.89. The van der Waals surface area contributed by atoms with Crippen LogP contribution in [0.25, 0.3) is 39.1 Å². The number of aromatic nitrogens is 2. The maximum atomic E-state index is 11.3. The number of aryl methyl sites for hydroxylation is 2. The third-order valence-corrected chi connectivity index (χ3v) is 8.08. The number of furan rings is 1. The van der Waals surface area contributed by atoms with Crippen LogP contribution in [0.15, 0.2) is 99.4 Å². The summed E-state index contributed by atoms with van der Waals surface area (Å²) in [7, 11) is 0. The Morgan fingerprint density at radius 1 is 0.891 bits per heavy atom. The smallest absolute Gasteiger partial charge is 0.363 e. The molecular weight excluding hydrogens is 625 g/mol. The number of urea groups is 1. The molecule has 0 aliphatic carbocycles. The molecule has 0 spiro atoms. The lowest BCUT2D eigenvalue weighted by Crippen LogP contribution is -2.33. The number of rotatable bonds is 4. The SMILES string of the molecule is Cc1cc2nc3cc(C)c(N)cc3[n+](-c3ccccc3)c2cc1N.O=C1N=C([O-])CN1/N=C/c1ccc(-c2ccc(Cl)c(Cl)c2)o1. The summed E-state index contributed by atoms with van der Waals surface area (Å²) in [5, 5.41) is 16.7. The molecular formula is C34H27Cl2N7O3. The first-order valence-electron chi connectivity index (χ1n) is 14.1. The van der Waals surface area contributed by atoms with Crippen molar-refractivity contribution in [2.75, 3.05) is 18.0 Å². The van der Waals surface area contributed by atoms with Crippen molar-refractivity contribution in [3.8, 4) is 17.0 Å². The number of hydrazone groups is 1. The molecule has 0 radical (unpaired) electrons. The fourth-order valence-corrected chi connectivity index (χ4v) is 5.18. The van der Waals surface area contributed by atoms with E-state index in [-0.39, 0.29) is 6.54 Å². The monoisotopic (exact) mass is 651 g/mol. The van der Waals surface area contributed by atoms with Crippen LogP contribution >= 0.6 is 23.2 Å². The first kappa shape index (κ1) is 30.6. The Morgan fingerprint density at radius 2 is 1.54 bits per heavy atom. The van der Waals surface area contributed by atoms with Gasteiger partial charge in [0.15, 0.2) is 0 Å². The van der Waals surface area contributed by atoms with Gasteiger partial charge in [0.1, 0.15) is 22.6 Å². The van der Waals surface area contributed by atoms with Gasteiger partial charge in [-0.25, -0.2) is 19.8 Å². The molecule has 0 saturated heterocycles. The molecule has 6 aromatic rings. The van der Waals surface area contributed by atoms with E-state index in [1.54, 1.807) is 30.3 Å². The number of anilines is 2. The molecule has 10 nitrogen and oxygen atoms in total. The van der Waals surface area contributed by atoms with Gasteiger partial charge in [0.05, 0.1) is 22.8 Å². The Kier molecular flexibility index (Phi) is 8.31. The number of para-hydroxylation sites is 1. The summed E-state index contributed by atoms with van der Waals surface area (Å²) in [6.07, 6.45) is 1.34. The van der Waals surface area contributed by atoms with Gasteiger partial charge in [-0.3, -0.25) is 0 Å². The number of amides is 2. The third kappa shape index (κ3) is 6.21.